The lowest BCUT2D eigenvalue weighted by molar-refractivity contribution is 0.0712. The molecule has 0 spiro atoms. The minimum absolute atomic E-state index is 0.621. The summed E-state index contributed by atoms with van der Waals surface area (Å²) in [6, 6.07) is 0.621. The molecule has 0 saturated carbocycles. The molecule has 0 bridgehead atoms. The van der Waals surface area contributed by atoms with Crippen LogP contribution < -0.4 is 5.32 Å². The Kier molecular flexibility index (Phi) is 5.82. The summed E-state index contributed by atoms with van der Waals surface area (Å²) in [6.07, 6.45) is 2.51. The number of rotatable bonds is 5. The zero-order valence-electron chi connectivity index (χ0n) is 7.84. The maximum absolute atomic E-state index is 5.37. The summed E-state index contributed by atoms with van der Waals surface area (Å²) >= 11 is 1.99. The molecular formula is C9H19NOS. The van der Waals surface area contributed by atoms with Crippen LogP contribution in [0.15, 0.2) is 0 Å². The van der Waals surface area contributed by atoms with Gasteiger partial charge in [0.15, 0.2) is 0 Å². The van der Waals surface area contributed by atoms with Gasteiger partial charge < -0.3 is 10.1 Å². The van der Waals surface area contributed by atoms with Crippen LogP contribution in [0, 0.1) is 0 Å². The molecule has 1 N–H and O–H groups in total. The molecule has 2 nitrogen and oxygen atoms in total. The van der Waals surface area contributed by atoms with Crippen LogP contribution in [-0.4, -0.2) is 37.3 Å². The van der Waals surface area contributed by atoms with Crippen LogP contribution in [0.4, 0.5) is 0 Å². The molecule has 1 fully saturated rings. The third-order valence-corrected chi connectivity index (χ3v) is 2.94. The molecule has 1 aliphatic heterocycles. The molecule has 0 amide bonds. The van der Waals surface area contributed by atoms with E-state index in [2.05, 4.69) is 12.2 Å². The number of hydrogen-bond acceptors (Lipinski definition) is 3. The quantitative estimate of drug-likeness (QED) is 0.662. The van der Waals surface area contributed by atoms with E-state index in [4.69, 9.17) is 4.74 Å². The summed E-state index contributed by atoms with van der Waals surface area (Å²) in [7, 11) is 0. The van der Waals surface area contributed by atoms with Gasteiger partial charge in [-0.2, -0.15) is 11.8 Å². The fourth-order valence-electron chi connectivity index (χ4n) is 1.38. The molecule has 72 valence electrons. The third kappa shape index (κ3) is 4.33. The van der Waals surface area contributed by atoms with Crippen molar-refractivity contribution in [2.45, 2.75) is 25.8 Å². The van der Waals surface area contributed by atoms with Crippen LogP contribution in [0.2, 0.25) is 0 Å². The zero-order chi connectivity index (χ0) is 8.65. The van der Waals surface area contributed by atoms with Gasteiger partial charge in [0.25, 0.3) is 0 Å². The van der Waals surface area contributed by atoms with Gasteiger partial charge in [-0.25, -0.2) is 0 Å². The highest BCUT2D eigenvalue weighted by Gasteiger charge is 2.11. The van der Waals surface area contributed by atoms with E-state index >= 15 is 0 Å². The average Bonchev–Trinajstić information content (AvgIpc) is 2.14. The van der Waals surface area contributed by atoms with Crippen molar-refractivity contribution in [3.8, 4) is 0 Å². The lowest BCUT2D eigenvalue weighted by atomic mass is 10.1. The van der Waals surface area contributed by atoms with Gasteiger partial charge in [-0.05, 0) is 18.6 Å². The first-order valence-electron chi connectivity index (χ1n) is 4.82. The van der Waals surface area contributed by atoms with Crippen molar-refractivity contribution in [3.63, 3.8) is 0 Å². The molecule has 1 heterocycles. The van der Waals surface area contributed by atoms with Gasteiger partial charge >= 0.3 is 0 Å². The highest BCUT2D eigenvalue weighted by molar-refractivity contribution is 7.99. The van der Waals surface area contributed by atoms with Crippen LogP contribution >= 0.6 is 11.8 Å². The van der Waals surface area contributed by atoms with E-state index in [1.54, 1.807) is 0 Å². The van der Waals surface area contributed by atoms with Gasteiger partial charge in [-0.3, -0.25) is 0 Å². The highest BCUT2D eigenvalue weighted by atomic mass is 32.2. The third-order valence-electron chi connectivity index (χ3n) is 2.04. The van der Waals surface area contributed by atoms with Crippen LogP contribution in [0.1, 0.15) is 19.8 Å². The van der Waals surface area contributed by atoms with Gasteiger partial charge in [0, 0.05) is 24.9 Å². The van der Waals surface area contributed by atoms with Crippen LogP contribution in [-0.2, 0) is 4.74 Å². The van der Waals surface area contributed by atoms with E-state index in [0.717, 1.165) is 19.8 Å². The molecule has 1 aliphatic rings. The molecular weight excluding hydrogens is 170 g/mol. The first kappa shape index (κ1) is 10.4. The zero-order valence-corrected chi connectivity index (χ0v) is 8.66. The standard InChI is InChI=1S/C9H19NOS/c1-2-12-7-5-10-9-4-3-6-11-8-9/h9-10H,2-8H2,1H3. The average molecular weight is 189 g/mol. The van der Waals surface area contributed by atoms with Crippen molar-refractivity contribution < 1.29 is 4.74 Å². The molecule has 3 heteroatoms. The molecule has 0 aromatic carbocycles. The summed E-state index contributed by atoms with van der Waals surface area (Å²) in [5, 5.41) is 3.51. The molecule has 0 aromatic heterocycles. The Labute approximate surface area is 79.4 Å². The first-order chi connectivity index (χ1) is 5.93. The number of nitrogens with one attached hydrogen (secondary N) is 1. The van der Waals surface area contributed by atoms with Gasteiger partial charge in [-0.15, -0.1) is 0 Å². The SMILES string of the molecule is CCSCCNC1CCCOC1. The molecule has 1 saturated heterocycles. The van der Waals surface area contributed by atoms with Gasteiger partial charge in [0.05, 0.1) is 6.61 Å². The first-order valence-corrected chi connectivity index (χ1v) is 5.98. The van der Waals surface area contributed by atoms with Crippen molar-refractivity contribution in [1.29, 1.82) is 0 Å². The van der Waals surface area contributed by atoms with E-state index in [0.29, 0.717) is 6.04 Å². The summed E-state index contributed by atoms with van der Waals surface area (Å²) in [5.74, 6) is 2.45. The van der Waals surface area contributed by atoms with E-state index in [1.165, 1.54) is 24.3 Å². The van der Waals surface area contributed by atoms with Gasteiger partial charge in [0.2, 0.25) is 0 Å². The molecule has 0 radical (unpaired) electrons. The fourth-order valence-corrected chi connectivity index (χ4v) is 1.93. The molecule has 1 unspecified atom stereocenters. The van der Waals surface area contributed by atoms with Gasteiger partial charge in [0.1, 0.15) is 0 Å². The summed E-state index contributed by atoms with van der Waals surface area (Å²) in [6.45, 7) is 5.21. The Hall–Kier alpha value is 0.270. The Morgan fingerprint density at radius 3 is 3.17 bits per heavy atom. The largest absolute Gasteiger partial charge is 0.380 e. The smallest absolute Gasteiger partial charge is 0.0619 e. The Morgan fingerprint density at radius 2 is 2.50 bits per heavy atom. The van der Waals surface area contributed by atoms with Crippen molar-refractivity contribution in [3.05, 3.63) is 0 Å². The van der Waals surface area contributed by atoms with Crippen molar-refractivity contribution in [2.75, 3.05) is 31.3 Å². The normalized spacial score (nSPS) is 24.2. The Bertz CT molecular complexity index is 105. The van der Waals surface area contributed by atoms with Crippen LogP contribution in [0.25, 0.3) is 0 Å². The van der Waals surface area contributed by atoms with E-state index in [-0.39, 0.29) is 0 Å². The van der Waals surface area contributed by atoms with E-state index < -0.39 is 0 Å². The van der Waals surface area contributed by atoms with E-state index in [1.807, 2.05) is 11.8 Å². The molecule has 12 heavy (non-hydrogen) atoms. The summed E-state index contributed by atoms with van der Waals surface area (Å²) in [5.41, 5.74) is 0. The minimum Gasteiger partial charge on any atom is -0.380 e. The number of ether oxygens (including phenoxy) is 1. The van der Waals surface area contributed by atoms with Crippen molar-refractivity contribution in [1.82, 2.24) is 5.32 Å². The lowest BCUT2D eigenvalue weighted by Crippen LogP contribution is -2.37. The number of hydrogen-bond donors (Lipinski definition) is 1. The molecule has 1 atom stereocenters. The minimum atomic E-state index is 0.621. The predicted molar refractivity (Wildman–Crippen MR) is 54.8 cm³/mol. The second-order valence-electron chi connectivity index (χ2n) is 3.07. The van der Waals surface area contributed by atoms with Gasteiger partial charge in [-0.1, -0.05) is 6.92 Å². The fraction of sp³-hybridized carbons (Fsp3) is 1.00. The summed E-state index contributed by atoms with van der Waals surface area (Å²) < 4.78 is 5.37. The topological polar surface area (TPSA) is 21.3 Å². The molecule has 0 aliphatic carbocycles. The maximum Gasteiger partial charge on any atom is 0.0619 e. The van der Waals surface area contributed by atoms with Crippen LogP contribution in [0.5, 0.6) is 0 Å². The highest BCUT2D eigenvalue weighted by Crippen LogP contribution is 2.05. The monoisotopic (exact) mass is 189 g/mol. The second-order valence-corrected chi connectivity index (χ2v) is 4.46. The number of thioether (sulfide) groups is 1. The molecule has 0 aromatic rings. The van der Waals surface area contributed by atoms with Crippen molar-refractivity contribution in [2.24, 2.45) is 0 Å². The lowest BCUT2D eigenvalue weighted by Gasteiger charge is -2.22. The van der Waals surface area contributed by atoms with E-state index in [9.17, 15) is 0 Å². The summed E-state index contributed by atoms with van der Waals surface area (Å²) in [4.78, 5) is 0. The molecule has 1 rings (SSSR count). The Morgan fingerprint density at radius 1 is 1.58 bits per heavy atom. The predicted octanol–water partition coefficient (Wildman–Crippen LogP) is 1.51. The second kappa shape index (κ2) is 6.75. The van der Waals surface area contributed by atoms with Crippen molar-refractivity contribution >= 4 is 11.8 Å². The maximum atomic E-state index is 5.37. The Balaban J connectivity index is 1.91. The van der Waals surface area contributed by atoms with Crippen LogP contribution in [0.3, 0.4) is 0 Å².